The fourth-order valence-corrected chi connectivity index (χ4v) is 3.12. The lowest BCUT2D eigenvalue weighted by Crippen LogP contribution is -2.58. The fraction of sp³-hybridized carbons (Fsp3) is 0.867. The molecule has 18 heavy (non-hydrogen) atoms. The monoisotopic (exact) mass is 254 g/mol. The first-order valence-corrected chi connectivity index (χ1v) is 6.82. The Balaban J connectivity index is 2.31. The van der Waals surface area contributed by atoms with Gasteiger partial charge in [-0.1, -0.05) is 33.3 Å². The lowest BCUT2D eigenvalue weighted by atomic mass is 9.67. The zero-order valence-corrected chi connectivity index (χ0v) is 12.3. The molecule has 1 spiro atoms. The van der Waals surface area contributed by atoms with Crippen molar-refractivity contribution in [3.63, 3.8) is 0 Å². The van der Waals surface area contributed by atoms with Crippen LogP contribution in [0.3, 0.4) is 0 Å². The second-order valence-corrected chi connectivity index (χ2v) is 7.04. The first-order valence-electron chi connectivity index (χ1n) is 6.82. The summed E-state index contributed by atoms with van der Waals surface area (Å²) in [6.07, 6.45) is 1.82. The summed E-state index contributed by atoms with van der Waals surface area (Å²) >= 11 is 0. The third kappa shape index (κ3) is 2.02. The van der Waals surface area contributed by atoms with Crippen LogP contribution < -0.4 is 0 Å². The van der Waals surface area contributed by atoms with Crippen LogP contribution in [0.15, 0.2) is 11.1 Å². The van der Waals surface area contributed by atoms with Gasteiger partial charge in [-0.15, -0.1) is 0 Å². The first kappa shape index (κ1) is 14.0. The van der Waals surface area contributed by atoms with Gasteiger partial charge in [0, 0.05) is 17.3 Å². The predicted molar refractivity (Wildman–Crippen MR) is 71.2 cm³/mol. The van der Waals surface area contributed by atoms with Gasteiger partial charge >= 0.3 is 0 Å². The summed E-state index contributed by atoms with van der Waals surface area (Å²) in [6.45, 7) is 12.2. The van der Waals surface area contributed by atoms with E-state index >= 15 is 0 Å². The lowest BCUT2D eigenvalue weighted by molar-refractivity contribution is -0.341. The molecular formula is C15H26O3. The van der Waals surface area contributed by atoms with E-state index in [1.807, 2.05) is 0 Å². The lowest BCUT2D eigenvalue weighted by Gasteiger charge is -2.54. The molecule has 2 rings (SSSR count). The molecule has 0 atom stereocenters. The van der Waals surface area contributed by atoms with E-state index in [0.29, 0.717) is 13.2 Å². The summed E-state index contributed by atoms with van der Waals surface area (Å²) in [6, 6.07) is 0. The molecule has 1 saturated heterocycles. The highest BCUT2D eigenvalue weighted by Crippen LogP contribution is 2.52. The Hall–Kier alpha value is -0.380. The SMILES string of the molecule is CC1=C(CO)C(C)(C)C2(CC1)OCC(C)(C)CO2. The highest BCUT2D eigenvalue weighted by atomic mass is 16.7. The van der Waals surface area contributed by atoms with E-state index in [9.17, 15) is 5.11 Å². The van der Waals surface area contributed by atoms with Crippen molar-refractivity contribution in [2.75, 3.05) is 19.8 Å². The van der Waals surface area contributed by atoms with Gasteiger partial charge in [-0.25, -0.2) is 0 Å². The van der Waals surface area contributed by atoms with E-state index in [1.165, 1.54) is 5.57 Å². The van der Waals surface area contributed by atoms with Crippen molar-refractivity contribution in [2.45, 2.75) is 53.2 Å². The van der Waals surface area contributed by atoms with Gasteiger partial charge in [0.15, 0.2) is 5.79 Å². The number of ether oxygens (including phenoxy) is 2. The molecule has 0 radical (unpaired) electrons. The van der Waals surface area contributed by atoms with Gasteiger partial charge in [0.1, 0.15) is 0 Å². The topological polar surface area (TPSA) is 38.7 Å². The highest BCUT2D eigenvalue weighted by Gasteiger charge is 2.54. The van der Waals surface area contributed by atoms with E-state index in [-0.39, 0.29) is 17.4 Å². The zero-order valence-electron chi connectivity index (χ0n) is 12.3. The maximum Gasteiger partial charge on any atom is 0.177 e. The molecule has 0 amide bonds. The average Bonchev–Trinajstić information content (AvgIpc) is 2.27. The summed E-state index contributed by atoms with van der Waals surface area (Å²) in [5.41, 5.74) is 2.18. The van der Waals surface area contributed by atoms with Crippen molar-refractivity contribution >= 4 is 0 Å². The van der Waals surface area contributed by atoms with Crippen molar-refractivity contribution in [3.8, 4) is 0 Å². The van der Waals surface area contributed by atoms with E-state index in [2.05, 4.69) is 34.6 Å². The van der Waals surface area contributed by atoms with Gasteiger partial charge in [0.2, 0.25) is 0 Å². The van der Waals surface area contributed by atoms with Crippen LogP contribution in [0.4, 0.5) is 0 Å². The van der Waals surface area contributed by atoms with Crippen LogP contribution >= 0.6 is 0 Å². The molecule has 3 nitrogen and oxygen atoms in total. The minimum Gasteiger partial charge on any atom is -0.392 e. The molecule has 1 heterocycles. The third-order valence-corrected chi connectivity index (χ3v) is 4.60. The molecule has 1 aliphatic carbocycles. The number of aliphatic hydroxyl groups excluding tert-OH is 1. The van der Waals surface area contributed by atoms with Crippen molar-refractivity contribution in [1.82, 2.24) is 0 Å². The van der Waals surface area contributed by atoms with E-state index < -0.39 is 5.79 Å². The molecule has 1 N–H and O–H groups in total. The predicted octanol–water partition coefficient (Wildman–Crippen LogP) is 2.88. The van der Waals surface area contributed by atoms with Crippen LogP contribution in [0, 0.1) is 10.8 Å². The Morgan fingerprint density at radius 2 is 1.67 bits per heavy atom. The minimum absolute atomic E-state index is 0.0803. The van der Waals surface area contributed by atoms with Gasteiger partial charge in [0.05, 0.1) is 19.8 Å². The Kier molecular flexibility index (Phi) is 3.37. The van der Waals surface area contributed by atoms with E-state index in [4.69, 9.17) is 9.47 Å². The van der Waals surface area contributed by atoms with Crippen molar-refractivity contribution < 1.29 is 14.6 Å². The van der Waals surface area contributed by atoms with Crippen molar-refractivity contribution in [2.24, 2.45) is 10.8 Å². The molecule has 3 heteroatoms. The largest absolute Gasteiger partial charge is 0.392 e. The smallest absolute Gasteiger partial charge is 0.177 e. The van der Waals surface area contributed by atoms with Gasteiger partial charge in [-0.3, -0.25) is 0 Å². The molecule has 104 valence electrons. The van der Waals surface area contributed by atoms with Crippen molar-refractivity contribution in [1.29, 1.82) is 0 Å². The average molecular weight is 254 g/mol. The van der Waals surface area contributed by atoms with Crippen LogP contribution in [-0.4, -0.2) is 30.7 Å². The standard InChI is InChI=1S/C15H26O3/c1-11-6-7-15(14(4,5)12(11)8-16)17-9-13(2,3)10-18-15/h16H,6-10H2,1-5H3. The van der Waals surface area contributed by atoms with Crippen LogP contribution in [0.2, 0.25) is 0 Å². The molecule has 0 aromatic heterocycles. The maximum atomic E-state index is 9.64. The van der Waals surface area contributed by atoms with Gasteiger partial charge in [-0.05, 0) is 18.9 Å². The molecule has 0 unspecified atom stereocenters. The number of allylic oxidation sites excluding steroid dienone is 1. The van der Waals surface area contributed by atoms with Crippen LogP contribution in [-0.2, 0) is 9.47 Å². The molecule has 1 aliphatic heterocycles. The number of aliphatic hydroxyl groups is 1. The quantitative estimate of drug-likeness (QED) is 0.731. The molecule has 0 aromatic carbocycles. The fourth-order valence-electron chi connectivity index (χ4n) is 3.12. The summed E-state index contributed by atoms with van der Waals surface area (Å²) in [5, 5.41) is 9.64. The number of rotatable bonds is 1. The summed E-state index contributed by atoms with van der Waals surface area (Å²) in [4.78, 5) is 0. The molecule has 0 aromatic rings. The Labute approximate surface area is 110 Å². The summed E-state index contributed by atoms with van der Waals surface area (Å²) < 4.78 is 12.3. The summed E-state index contributed by atoms with van der Waals surface area (Å²) in [5.74, 6) is -0.555. The summed E-state index contributed by atoms with van der Waals surface area (Å²) in [7, 11) is 0. The molecular weight excluding hydrogens is 228 g/mol. The third-order valence-electron chi connectivity index (χ3n) is 4.60. The molecule has 0 bridgehead atoms. The van der Waals surface area contributed by atoms with Crippen LogP contribution in [0.25, 0.3) is 0 Å². The number of hydrogen-bond acceptors (Lipinski definition) is 3. The molecule has 2 aliphatic rings. The maximum absolute atomic E-state index is 9.64. The normalized spacial score (nSPS) is 29.7. The van der Waals surface area contributed by atoms with E-state index in [0.717, 1.165) is 18.4 Å². The van der Waals surface area contributed by atoms with E-state index in [1.54, 1.807) is 0 Å². The van der Waals surface area contributed by atoms with Crippen LogP contribution in [0.5, 0.6) is 0 Å². The Morgan fingerprint density at radius 1 is 1.11 bits per heavy atom. The first-order chi connectivity index (χ1) is 8.24. The Bertz CT molecular complexity index is 356. The molecule has 1 fully saturated rings. The Morgan fingerprint density at radius 3 is 2.17 bits per heavy atom. The van der Waals surface area contributed by atoms with Crippen molar-refractivity contribution in [3.05, 3.63) is 11.1 Å². The van der Waals surface area contributed by atoms with Crippen LogP contribution in [0.1, 0.15) is 47.5 Å². The van der Waals surface area contributed by atoms with Gasteiger partial charge < -0.3 is 14.6 Å². The second kappa shape index (κ2) is 4.32. The second-order valence-electron chi connectivity index (χ2n) is 7.04. The van der Waals surface area contributed by atoms with Gasteiger partial charge in [0.25, 0.3) is 0 Å². The number of hydrogen-bond donors (Lipinski definition) is 1. The molecule has 0 saturated carbocycles. The van der Waals surface area contributed by atoms with Gasteiger partial charge in [-0.2, -0.15) is 0 Å². The minimum atomic E-state index is -0.555. The highest BCUT2D eigenvalue weighted by molar-refractivity contribution is 5.27. The zero-order chi connectivity index (χ0) is 13.6.